The van der Waals surface area contributed by atoms with Gasteiger partial charge in [-0.2, -0.15) is 5.10 Å². The van der Waals surface area contributed by atoms with E-state index < -0.39 is 6.10 Å². The van der Waals surface area contributed by atoms with Gasteiger partial charge in [-0.15, -0.1) is 0 Å². The summed E-state index contributed by atoms with van der Waals surface area (Å²) in [4.78, 5) is 12.8. The minimum absolute atomic E-state index is 0.284. The summed E-state index contributed by atoms with van der Waals surface area (Å²) in [7, 11) is 4.65. The van der Waals surface area contributed by atoms with E-state index in [1.165, 1.54) is 7.11 Å². The summed E-state index contributed by atoms with van der Waals surface area (Å²) >= 11 is 0. The highest BCUT2D eigenvalue weighted by Gasteiger charge is 2.21. The average Bonchev–Trinajstić information content (AvgIpc) is 3.17. The molecule has 1 unspecified atom stereocenters. The van der Waals surface area contributed by atoms with Crippen LogP contribution in [0, 0.1) is 6.92 Å². The number of aromatic nitrogens is 2. The summed E-state index contributed by atoms with van der Waals surface area (Å²) in [6.07, 6.45) is 0.884. The van der Waals surface area contributed by atoms with Gasteiger partial charge in [0.25, 0.3) is 5.91 Å². The first-order chi connectivity index (χ1) is 13.6. The lowest BCUT2D eigenvalue weighted by atomic mass is 10.1. The molecular weight excluding hydrogens is 358 g/mol. The van der Waals surface area contributed by atoms with Crippen molar-refractivity contribution in [2.45, 2.75) is 13.0 Å². The molecule has 0 saturated carbocycles. The third-order valence-corrected chi connectivity index (χ3v) is 4.36. The third-order valence-electron chi connectivity index (χ3n) is 4.36. The van der Waals surface area contributed by atoms with Crippen molar-refractivity contribution in [3.8, 4) is 17.2 Å². The fourth-order valence-electron chi connectivity index (χ4n) is 2.89. The maximum atomic E-state index is 12.8. The highest BCUT2D eigenvalue weighted by molar-refractivity contribution is 5.94. The monoisotopic (exact) mass is 381 g/mol. The number of aryl methyl sites for hydroxylation is 1. The van der Waals surface area contributed by atoms with Crippen LogP contribution < -0.4 is 14.8 Å². The summed E-state index contributed by atoms with van der Waals surface area (Å²) in [6.45, 7) is 1.99. The lowest BCUT2D eigenvalue weighted by Gasteiger charge is -2.17. The van der Waals surface area contributed by atoms with Crippen molar-refractivity contribution in [2.24, 2.45) is 0 Å². The number of nitrogens with zero attached hydrogens (tertiary/aromatic N) is 2. The number of nitrogens with one attached hydrogen (secondary N) is 1. The fourth-order valence-corrected chi connectivity index (χ4v) is 2.89. The number of hydrogen-bond donors (Lipinski definition) is 1. The van der Waals surface area contributed by atoms with Crippen LogP contribution in [0.15, 0.2) is 54.7 Å². The maximum Gasteiger partial charge on any atom is 0.259 e. The summed E-state index contributed by atoms with van der Waals surface area (Å²) in [5.74, 6) is 1.42. The molecule has 1 N–H and O–H groups in total. The maximum absolute atomic E-state index is 12.8. The van der Waals surface area contributed by atoms with Crippen LogP contribution in [0.5, 0.6) is 11.5 Å². The van der Waals surface area contributed by atoms with Crippen LogP contribution in [0.1, 0.15) is 17.2 Å². The third kappa shape index (κ3) is 3.99. The molecule has 1 heterocycles. The van der Waals surface area contributed by atoms with Gasteiger partial charge in [-0.3, -0.25) is 4.79 Å². The van der Waals surface area contributed by atoms with Gasteiger partial charge in [0.05, 0.1) is 26.1 Å². The van der Waals surface area contributed by atoms with Gasteiger partial charge in [0.15, 0.2) is 17.6 Å². The van der Waals surface area contributed by atoms with E-state index in [2.05, 4.69) is 10.4 Å². The summed E-state index contributed by atoms with van der Waals surface area (Å²) in [5, 5.41) is 7.19. The average molecular weight is 381 g/mol. The van der Waals surface area contributed by atoms with E-state index >= 15 is 0 Å². The van der Waals surface area contributed by atoms with Crippen LogP contribution in [0.4, 0.5) is 5.82 Å². The molecule has 1 atom stereocenters. The second-order valence-electron chi connectivity index (χ2n) is 6.18. The number of methoxy groups -OCH3 is 3. The number of benzene rings is 2. The van der Waals surface area contributed by atoms with Crippen molar-refractivity contribution in [3.63, 3.8) is 0 Å². The summed E-state index contributed by atoms with van der Waals surface area (Å²) in [6, 6.07) is 14.8. The predicted octanol–water partition coefficient (Wildman–Crippen LogP) is 3.52. The standard InChI is InChI=1S/C21H23N3O4/c1-14-5-7-15(8-6-14)20(28-4)21(25)23-19-11-12-22-24(19)16-9-10-17(26-2)18(13-16)27-3/h5-13,20H,1-4H3,(H,23,25). The number of ether oxygens (including phenoxy) is 3. The first kappa shape index (κ1) is 19.4. The zero-order valence-corrected chi connectivity index (χ0v) is 16.3. The largest absolute Gasteiger partial charge is 0.493 e. The van der Waals surface area contributed by atoms with Crippen LogP contribution in [-0.4, -0.2) is 37.0 Å². The topological polar surface area (TPSA) is 74.6 Å². The molecule has 7 nitrogen and oxygen atoms in total. The Bertz CT molecular complexity index is 951. The molecule has 0 spiro atoms. The first-order valence-corrected chi connectivity index (χ1v) is 8.74. The van der Waals surface area contributed by atoms with Gasteiger partial charge >= 0.3 is 0 Å². The SMILES string of the molecule is COc1ccc(-n2nccc2NC(=O)C(OC)c2ccc(C)cc2)cc1OC. The smallest absolute Gasteiger partial charge is 0.259 e. The van der Waals surface area contributed by atoms with Gasteiger partial charge in [0, 0.05) is 19.2 Å². The van der Waals surface area contributed by atoms with Gasteiger partial charge in [-0.05, 0) is 24.6 Å². The van der Waals surface area contributed by atoms with E-state index in [9.17, 15) is 4.79 Å². The van der Waals surface area contributed by atoms with Crippen molar-refractivity contribution in [3.05, 3.63) is 65.9 Å². The number of hydrogen-bond acceptors (Lipinski definition) is 5. The Balaban J connectivity index is 1.85. The van der Waals surface area contributed by atoms with Crippen molar-refractivity contribution < 1.29 is 19.0 Å². The van der Waals surface area contributed by atoms with Crippen LogP contribution >= 0.6 is 0 Å². The van der Waals surface area contributed by atoms with Crippen LogP contribution in [0.25, 0.3) is 5.69 Å². The molecule has 0 fully saturated rings. The molecule has 28 heavy (non-hydrogen) atoms. The Labute approximate surface area is 163 Å². The molecule has 0 saturated heterocycles. The molecule has 0 aliphatic heterocycles. The Hall–Kier alpha value is -3.32. The number of rotatable bonds is 7. The first-order valence-electron chi connectivity index (χ1n) is 8.74. The number of carbonyl (C=O) groups excluding carboxylic acids is 1. The molecule has 3 aromatic rings. The quantitative estimate of drug-likeness (QED) is 0.678. The highest BCUT2D eigenvalue weighted by Crippen LogP contribution is 2.30. The molecule has 0 aliphatic rings. The van der Waals surface area contributed by atoms with Crippen molar-refractivity contribution in [1.82, 2.24) is 9.78 Å². The molecule has 0 radical (unpaired) electrons. The van der Waals surface area contributed by atoms with Crippen LogP contribution in [-0.2, 0) is 9.53 Å². The van der Waals surface area contributed by atoms with Crippen LogP contribution in [0.3, 0.4) is 0 Å². The van der Waals surface area contributed by atoms with Gasteiger partial charge < -0.3 is 19.5 Å². The molecule has 1 aromatic heterocycles. The van der Waals surface area contributed by atoms with E-state index in [4.69, 9.17) is 14.2 Å². The van der Waals surface area contributed by atoms with Gasteiger partial charge in [-0.1, -0.05) is 29.8 Å². The molecule has 7 heteroatoms. The van der Waals surface area contributed by atoms with Gasteiger partial charge in [0.2, 0.25) is 0 Å². The van der Waals surface area contributed by atoms with Crippen molar-refractivity contribution in [1.29, 1.82) is 0 Å². The highest BCUT2D eigenvalue weighted by atomic mass is 16.5. The molecular formula is C21H23N3O4. The van der Waals surface area contributed by atoms with E-state index in [1.54, 1.807) is 43.3 Å². The second kappa shape index (κ2) is 8.58. The number of anilines is 1. The Morgan fingerprint density at radius 3 is 2.36 bits per heavy atom. The second-order valence-corrected chi connectivity index (χ2v) is 6.18. The lowest BCUT2D eigenvalue weighted by molar-refractivity contribution is -0.126. The predicted molar refractivity (Wildman–Crippen MR) is 106 cm³/mol. The summed E-state index contributed by atoms with van der Waals surface area (Å²) < 4.78 is 17.6. The van der Waals surface area contributed by atoms with Crippen molar-refractivity contribution >= 4 is 11.7 Å². The normalized spacial score (nSPS) is 11.7. The zero-order chi connectivity index (χ0) is 20.1. The number of amides is 1. The lowest BCUT2D eigenvalue weighted by Crippen LogP contribution is -2.24. The molecule has 1 amide bonds. The van der Waals surface area contributed by atoms with E-state index in [0.29, 0.717) is 17.3 Å². The van der Waals surface area contributed by atoms with Crippen LogP contribution in [0.2, 0.25) is 0 Å². The molecule has 0 bridgehead atoms. The minimum atomic E-state index is -0.727. The molecule has 0 aliphatic carbocycles. The molecule has 2 aromatic carbocycles. The van der Waals surface area contributed by atoms with E-state index in [1.807, 2.05) is 37.3 Å². The molecule has 3 rings (SSSR count). The number of carbonyl (C=O) groups is 1. The fraction of sp³-hybridized carbons (Fsp3) is 0.238. The minimum Gasteiger partial charge on any atom is -0.493 e. The molecule has 146 valence electrons. The van der Waals surface area contributed by atoms with Crippen molar-refractivity contribution in [2.75, 3.05) is 26.6 Å². The van der Waals surface area contributed by atoms with E-state index in [-0.39, 0.29) is 5.91 Å². The van der Waals surface area contributed by atoms with Gasteiger partial charge in [-0.25, -0.2) is 4.68 Å². The zero-order valence-electron chi connectivity index (χ0n) is 16.3. The Kier molecular flexibility index (Phi) is 5.96. The Morgan fingerprint density at radius 1 is 1.00 bits per heavy atom. The summed E-state index contributed by atoms with van der Waals surface area (Å²) in [5.41, 5.74) is 2.62. The van der Waals surface area contributed by atoms with Gasteiger partial charge in [0.1, 0.15) is 5.82 Å². The Morgan fingerprint density at radius 2 is 1.71 bits per heavy atom. The van der Waals surface area contributed by atoms with E-state index in [0.717, 1.165) is 16.8 Å².